The largest absolute Gasteiger partial charge is 0.508 e. The van der Waals surface area contributed by atoms with Crippen LogP contribution in [-0.2, 0) is 9.47 Å². The van der Waals surface area contributed by atoms with Crippen molar-refractivity contribution in [1.29, 1.82) is 0 Å². The molecule has 0 amide bonds. The Labute approximate surface area is 235 Å². The molecular formula is C27H30O15. The zero-order valence-corrected chi connectivity index (χ0v) is 21.6. The van der Waals surface area contributed by atoms with Crippen molar-refractivity contribution in [3.63, 3.8) is 0 Å². The van der Waals surface area contributed by atoms with Gasteiger partial charge in [0.05, 0.1) is 24.3 Å². The molecule has 3 heterocycles. The number of hydrogen-bond acceptors (Lipinski definition) is 15. The first-order valence-electron chi connectivity index (χ1n) is 12.9. The van der Waals surface area contributed by atoms with Crippen LogP contribution in [0.15, 0.2) is 39.5 Å². The van der Waals surface area contributed by atoms with Crippen LogP contribution in [0.25, 0.3) is 22.3 Å². The molecule has 5 rings (SSSR count). The molecule has 0 aliphatic carbocycles. The number of ether oxygens (including phenoxy) is 2. The third kappa shape index (κ3) is 4.79. The van der Waals surface area contributed by atoms with E-state index >= 15 is 0 Å². The van der Waals surface area contributed by atoms with Gasteiger partial charge in [0, 0.05) is 11.6 Å². The molecule has 2 fully saturated rings. The van der Waals surface area contributed by atoms with E-state index in [2.05, 4.69) is 0 Å². The Morgan fingerprint density at radius 3 is 1.64 bits per heavy atom. The van der Waals surface area contributed by atoms with Crippen LogP contribution in [0, 0.1) is 0 Å². The Hall–Kier alpha value is -3.35. The van der Waals surface area contributed by atoms with E-state index < -0.39 is 113 Å². The van der Waals surface area contributed by atoms with Crippen LogP contribution in [-0.4, -0.2) is 118 Å². The number of aliphatic hydroxyl groups is 8. The Balaban J connectivity index is 1.82. The van der Waals surface area contributed by atoms with Crippen molar-refractivity contribution in [3.05, 3.63) is 51.7 Å². The van der Waals surface area contributed by atoms with Crippen LogP contribution < -0.4 is 5.43 Å². The van der Waals surface area contributed by atoms with Gasteiger partial charge in [-0.25, -0.2) is 0 Å². The van der Waals surface area contributed by atoms with Gasteiger partial charge in [0.2, 0.25) is 0 Å². The first-order valence-corrected chi connectivity index (χ1v) is 12.9. The summed E-state index contributed by atoms with van der Waals surface area (Å²) < 4.78 is 17.0. The van der Waals surface area contributed by atoms with Crippen LogP contribution in [0.4, 0.5) is 0 Å². The molecular weight excluding hydrogens is 564 g/mol. The predicted octanol–water partition coefficient (Wildman–Crippen LogP) is -2.39. The average Bonchev–Trinajstić information content (AvgIpc) is 2.97. The average molecular weight is 595 g/mol. The molecule has 10 atom stereocenters. The van der Waals surface area contributed by atoms with E-state index in [0.29, 0.717) is 0 Å². The van der Waals surface area contributed by atoms with Crippen molar-refractivity contribution >= 4 is 11.0 Å². The number of aromatic hydroxyl groups is 3. The molecule has 2 aliphatic rings. The number of phenolic OH excluding ortho intramolecular Hbond substituents is 3. The molecule has 0 bridgehead atoms. The second-order valence-corrected chi connectivity index (χ2v) is 10.2. The van der Waals surface area contributed by atoms with Crippen LogP contribution in [0.5, 0.6) is 17.2 Å². The lowest BCUT2D eigenvalue weighted by atomic mass is 9.85. The monoisotopic (exact) mass is 594 g/mol. The summed E-state index contributed by atoms with van der Waals surface area (Å²) in [5.74, 6) is -2.20. The zero-order valence-electron chi connectivity index (χ0n) is 21.6. The van der Waals surface area contributed by atoms with E-state index in [9.17, 15) is 61.0 Å². The van der Waals surface area contributed by atoms with Gasteiger partial charge >= 0.3 is 0 Å². The summed E-state index contributed by atoms with van der Waals surface area (Å²) in [7, 11) is 0. The number of phenols is 3. The quantitative estimate of drug-likeness (QED) is 0.147. The highest BCUT2D eigenvalue weighted by Crippen LogP contribution is 2.51. The smallest absolute Gasteiger partial charge is 0.197 e. The molecule has 0 spiro atoms. The minimum atomic E-state index is -2.02. The zero-order chi connectivity index (χ0) is 30.6. The Morgan fingerprint density at radius 1 is 0.643 bits per heavy atom. The van der Waals surface area contributed by atoms with E-state index in [4.69, 9.17) is 13.9 Å². The van der Waals surface area contributed by atoms with Crippen molar-refractivity contribution in [2.24, 2.45) is 0 Å². The SMILES string of the molecule is O=c1cc(-c2ccc(O)cc2)oc2c([C@@H]3O[C@@H](CO)[C@H](O)[C@H](O)[C@H]3O)c(O)c([C@@H]3O[C@@H](CO)[C@H](O)[C@H](O)[C@H]3O)c(O)c12. The molecule has 2 saturated heterocycles. The summed E-state index contributed by atoms with van der Waals surface area (Å²) in [4.78, 5) is 13.5. The molecule has 2 aliphatic heterocycles. The molecule has 1 aromatic heterocycles. The van der Waals surface area contributed by atoms with Gasteiger partial charge < -0.3 is 70.1 Å². The summed E-state index contributed by atoms with van der Waals surface area (Å²) >= 11 is 0. The number of fused-ring (bicyclic) bond motifs is 1. The lowest BCUT2D eigenvalue weighted by Crippen LogP contribution is -2.55. The molecule has 0 saturated carbocycles. The van der Waals surface area contributed by atoms with E-state index in [1.807, 2.05) is 0 Å². The maximum absolute atomic E-state index is 13.5. The fraction of sp³-hybridized carbons (Fsp3) is 0.444. The van der Waals surface area contributed by atoms with Gasteiger partial charge in [0.15, 0.2) is 11.0 Å². The van der Waals surface area contributed by atoms with Gasteiger partial charge in [-0.3, -0.25) is 4.79 Å². The Bertz CT molecular complexity index is 1500. The van der Waals surface area contributed by atoms with Gasteiger partial charge in [-0.15, -0.1) is 0 Å². The molecule has 228 valence electrons. The van der Waals surface area contributed by atoms with Gasteiger partial charge in [0.1, 0.15) is 89.4 Å². The fourth-order valence-corrected chi connectivity index (χ4v) is 5.39. The standard InChI is InChI=1S/C27H30O15/c28-6-12-17(32)21(36)23(38)26(41-12)15-19(34)14-10(31)5-11(8-1-3-9(30)4-2-8)40-25(14)16(20(15)35)27-24(39)22(37)18(33)13(7-29)42-27/h1-5,12-13,17-18,21-24,26-30,32-39H,6-7H2/t12-,13-,17-,18-,21-,22-,23+,24+,26-,27-/m0/s1. The van der Waals surface area contributed by atoms with E-state index in [-0.39, 0.29) is 17.1 Å². The maximum Gasteiger partial charge on any atom is 0.197 e. The highest BCUT2D eigenvalue weighted by Gasteiger charge is 2.50. The number of hydrogen-bond donors (Lipinski definition) is 11. The molecule has 42 heavy (non-hydrogen) atoms. The predicted molar refractivity (Wildman–Crippen MR) is 138 cm³/mol. The molecule has 2 aromatic carbocycles. The summed E-state index contributed by atoms with van der Waals surface area (Å²) in [6, 6.07) is 6.37. The molecule has 0 unspecified atom stereocenters. The van der Waals surface area contributed by atoms with Crippen molar-refractivity contribution < 1.29 is 70.1 Å². The lowest BCUT2D eigenvalue weighted by molar-refractivity contribution is -0.234. The van der Waals surface area contributed by atoms with Gasteiger partial charge in [0.25, 0.3) is 0 Å². The highest BCUT2D eigenvalue weighted by atomic mass is 16.6. The summed E-state index contributed by atoms with van der Waals surface area (Å²) in [6.45, 7) is -1.70. The third-order valence-corrected chi connectivity index (χ3v) is 7.70. The minimum absolute atomic E-state index is 0.0941. The molecule has 3 aromatic rings. The Morgan fingerprint density at radius 2 is 1.14 bits per heavy atom. The van der Waals surface area contributed by atoms with Crippen LogP contribution >= 0.6 is 0 Å². The second-order valence-electron chi connectivity index (χ2n) is 10.2. The number of aliphatic hydroxyl groups excluding tert-OH is 8. The van der Waals surface area contributed by atoms with E-state index in [0.717, 1.165) is 6.07 Å². The first kappa shape index (κ1) is 30.1. The van der Waals surface area contributed by atoms with Crippen molar-refractivity contribution in [1.82, 2.24) is 0 Å². The molecule has 15 heteroatoms. The van der Waals surface area contributed by atoms with E-state index in [1.54, 1.807) is 0 Å². The van der Waals surface area contributed by atoms with Gasteiger partial charge in [-0.05, 0) is 24.3 Å². The maximum atomic E-state index is 13.5. The fourth-order valence-electron chi connectivity index (χ4n) is 5.39. The van der Waals surface area contributed by atoms with Crippen LogP contribution in [0.2, 0.25) is 0 Å². The minimum Gasteiger partial charge on any atom is -0.508 e. The van der Waals surface area contributed by atoms with Crippen LogP contribution in [0.3, 0.4) is 0 Å². The third-order valence-electron chi connectivity index (χ3n) is 7.70. The normalized spacial score (nSPS) is 33.6. The molecule has 15 nitrogen and oxygen atoms in total. The molecule has 11 N–H and O–H groups in total. The molecule has 0 radical (unpaired) electrons. The van der Waals surface area contributed by atoms with Gasteiger partial charge in [-0.1, -0.05) is 0 Å². The number of benzene rings is 2. The number of rotatable bonds is 5. The lowest BCUT2D eigenvalue weighted by Gasteiger charge is -2.42. The van der Waals surface area contributed by atoms with E-state index in [1.165, 1.54) is 24.3 Å². The highest BCUT2D eigenvalue weighted by molar-refractivity contribution is 5.92. The summed E-state index contributed by atoms with van der Waals surface area (Å²) in [6.07, 6.45) is -18.2. The van der Waals surface area contributed by atoms with Crippen LogP contribution in [0.1, 0.15) is 23.3 Å². The second kappa shape index (κ2) is 11.4. The van der Waals surface area contributed by atoms with Crippen molar-refractivity contribution in [2.75, 3.05) is 13.2 Å². The Kier molecular flexibility index (Phi) is 8.16. The topological polar surface area (TPSA) is 271 Å². The first-order chi connectivity index (χ1) is 19.9. The van der Waals surface area contributed by atoms with Crippen molar-refractivity contribution in [3.8, 4) is 28.6 Å². The van der Waals surface area contributed by atoms with Crippen molar-refractivity contribution in [2.45, 2.75) is 61.0 Å². The van der Waals surface area contributed by atoms with Gasteiger partial charge in [-0.2, -0.15) is 0 Å². The summed E-state index contributed by atoms with van der Waals surface area (Å²) in [5.41, 5.74) is -2.48. The summed E-state index contributed by atoms with van der Waals surface area (Å²) in [5, 5.41) is 114.